The predicted molar refractivity (Wildman–Crippen MR) is 126 cm³/mol. The molecule has 0 aliphatic carbocycles. The van der Waals surface area contributed by atoms with Gasteiger partial charge in [0, 0.05) is 16.8 Å². The third kappa shape index (κ3) is 3.20. The summed E-state index contributed by atoms with van der Waals surface area (Å²) in [7, 11) is 3.30. The van der Waals surface area contributed by atoms with Gasteiger partial charge in [0.15, 0.2) is 17.7 Å². The highest BCUT2D eigenvalue weighted by Crippen LogP contribution is 2.51. The van der Waals surface area contributed by atoms with Crippen molar-refractivity contribution in [1.82, 2.24) is 0 Å². The van der Waals surface area contributed by atoms with Crippen molar-refractivity contribution in [3.63, 3.8) is 0 Å². The van der Waals surface area contributed by atoms with Crippen molar-refractivity contribution < 1.29 is 14.2 Å². The van der Waals surface area contributed by atoms with E-state index in [1.807, 2.05) is 36.4 Å². The SMILES string of the molecule is COc1cccc(C2Nc3ccccc3C(c3ccccc3)(c3ccccc3)O2)c1OC. The average molecular weight is 424 g/mol. The summed E-state index contributed by atoms with van der Waals surface area (Å²) in [6, 6.07) is 34.9. The minimum Gasteiger partial charge on any atom is -0.493 e. The van der Waals surface area contributed by atoms with Crippen molar-refractivity contribution in [2.24, 2.45) is 0 Å². The second-order valence-corrected chi connectivity index (χ2v) is 7.68. The summed E-state index contributed by atoms with van der Waals surface area (Å²) in [5.41, 5.74) is 4.27. The van der Waals surface area contributed by atoms with Crippen LogP contribution < -0.4 is 14.8 Å². The van der Waals surface area contributed by atoms with Gasteiger partial charge in [-0.3, -0.25) is 0 Å². The number of benzene rings is 4. The number of ether oxygens (including phenoxy) is 3. The Balaban J connectivity index is 1.78. The molecule has 0 bridgehead atoms. The molecule has 32 heavy (non-hydrogen) atoms. The molecule has 1 N–H and O–H groups in total. The van der Waals surface area contributed by atoms with Gasteiger partial charge in [-0.05, 0) is 23.3 Å². The maximum atomic E-state index is 7.05. The number of fused-ring (bicyclic) bond motifs is 1. The fraction of sp³-hybridized carbons (Fsp3) is 0.143. The second-order valence-electron chi connectivity index (χ2n) is 7.68. The van der Waals surface area contributed by atoms with Crippen LogP contribution in [0.5, 0.6) is 11.5 Å². The van der Waals surface area contributed by atoms with E-state index in [2.05, 4.69) is 72.0 Å². The third-order valence-electron chi connectivity index (χ3n) is 5.96. The van der Waals surface area contributed by atoms with Gasteiger partial charge in [0.1, 0.15) is 5.60 Å². The van der Waals surface area contributed by atoms with Gasteiger partial charge in [0.2, 0.25) is 0 Å². The van der Waals surface area contributed by atoms with Gasteiger partial charge in [-0.15, -0.1) is 0 Å². The Kier molecular flexibility index (Phi) is 5.29. The summed E-state index contributed by atoms with van der Waals surface area (Å²) in [6.45, 7) is 0. The molecule has 1 aliphatic heterocycles. The van der Waals surface area contributed by atoms with E-state index in [0.29, 0.717) is 11.5 Å². The van der Waals surface area contributed by atoms with Crippen LogP contribution in [0.15, 0.2) is 103 Å². The van der Waals surface area contributed by atoms with Crippen molar-refractivity contribution in [3.05, 3.63) is 125 Å². The van der Waals surface area contributed by atoms with Crippen molar-refractivity contribution in [2.75, 3.05) is 19.5 Å². The fourth-order valence-corrected chi connectivity index (χ4v) is 4.55. The molecule has 1 heterocycles. The van der Waals surface area contributed by atoms with Crippen LogP contribution in [0.4, 0.5) is 5.69 Å². The van der Waals surface area contributed by atoms with Crippen molar-refractivity contribution in [1.29, 1.82) is 0 Å². The second kappa shape index (κ2) is 8.40. The fourth-order valence-electron chi connectivity index (χ4n) is 4.55. The number of nitrogens with one attached hydrogen (secondary N) is 1. The Bertz CT molecular complexity index is 1170. The zero-order valence-corrected chi connectivity index (χ0v) is 18.1. The molecule has 4 heteroatoms. The van der Waals surface area contributed by atoms with Crippen molar-refractivity contribution in [3.8, 4) is 11.5 Å². The van der Waals surface area contributed by atoms with Gasteiger partial charge in [-0.1, -0.05) is 91.0 Å². The molecule has 0 saturated carbocycles. The molecule has 0 spiro atoms. The van der Waals surface area contributed by atoms with Crippen molar-refractivity contribution >= 4 is 5.69 Å². The smallest absolute Gasteiger partial charge is 0.168 e. The molecular formula is C28H25NO3. The van der Waals surface area contributed by atoms with E-state index in [1.165, 1.54) is 0 Å². The summed E-state index contributed by atoms with van der Waals surface area (Å²) in [5, 5.41) is 3.58. The molecular weight excluding hydrogens is 398 g/mol. The van der Waals surface area contributed by atoms with E-state index >= 15 is 0 Å². The van der Waals surface area contributed by atoms with Crippen LogP contribution in [-0.2, 0) is 10.3 Å². The Hall–Kier alpha value is -3.76. The predicted octanol–water partition coefficient (Wildman–Crippen LogP) is 6.14. The van der Waals surface area contributed by atoms with E-state index in [0.717, 1.165) is 27.9 Å². The highest BCUT2D eigenvalue weighted by Gasteiger charge is 2.45. The average Bonchev–Trinajstić information content (AvgIpc) is 2.88. The van der Waals surface area contributed by atoms with E-state index < -0.39 is 11.8 Å². The van der Waals surface area contributed by atoms with Crippen LogP contribution in [0, 0.1) is 0 Å². The first-order chi connectivity index (χ1) is 15.8. The van der Waals surface area contributed by atoms with Crippen LogP contribution in [0.3, 0.4) is 0 Å². The number of anilines is 1. The standard InChI is InChI=1S/C28H25NO3/c1-30-25-19-11-16-22(26(25)31-2)27-29-24-18-10-9-17-23(24)28(32-27,20-12-5-3-6-13-20)21-14-7-4-8-15-21/h3-19,27,29H,1-2H3. The first kappa shape index (κ1) is 20.2. The summed E-state index contributed by atoms with van der Waals surface area (Å²) in [6.07, 6.45) is -0.463. The number of hydrogen-bond donors (Lipinski definition) is 1. The van der Waals surface area contributed by atoms with Crippen LogP contribution in [0.25, 0.3) is 0 Å². The van der Waals surface area contributed by atoms with Crippen molar-refractivity contribution in [2.45, 2.75) is 11.8 Å². The molecule has 4 aromatic rings. The summed E-state index contributed by atoms with van der Waals surface area (Å²) in [4.78, 5) is 0. The molecule has 4 nitrogen and oxygen atoms in total. The lowest BCUT2D eigenvalue weighted by Gasteiger charge is -2.44. The van der Waals surface area contributed by atoms with Gasteiger partial charge >= 0.3 is 0 Å². The molecule has 0 radical (unpaired) electrons. The van der Waals surface area contributed by atoms with E-state index in [1.54, 1.807) is 14.2 Å². The zero-order chi connectivity index (χ0) is 22.0. The summed E-state index contributed by atoms with van der Waals surface area (Å²) in [5.74, 6) is 1.32. The first-order valence-corrected chi connectivity index (χ1v) is 10.6. The quantitative estimate of drug-likeness (QED) is 0.419. The van der Waals surface area contributed by atoms with Gasteiger partial charge < -0.3 is 19.5 Å². The van der Waals surface area contributed by atoms with Crippen LogP contribution in [-0.4, -0.2) is 14.2 Å². The Morgan fingerprint density at radius 1 is 0.688 bits per heavy atom. The van der Waals surface area contributed by atoms with Gasteiger partial charge in [-0.25, -0.2) is 0 Å². The first-order valence-electron chi connectivity index (χ1n) is 10.6. The Labute approximate surface area is 188 Å². The van der Waals surface area contributed by atoms with E-state index in [9.17, 15) is 0 Å². The normalized spacial score (nSPS) is 16.5. The maximum Gasteiger partial charge on any atom is 0.168 e. The molecule has 1 unspecified atom stereocenters. The van der Waals surface area contributed by atoms with E-state index in [-0.39, 0.29) is 0 Å². The maximum absolute atomic E-state index is 7.05. The Morgan fingerprint density at radius 3 is 1.94 bits per heavy atom. The Morgan fingerprint density at radius 2 is 1.31 bits per heavy atom. The molecule has 4 aromatic carbocycles. The monoisotopic (exact) mass is 423 g/mol. The number of methoxy groups -OCH3 is 2. The molecule has 0 fully saturated rings. The lowest BCUT2D eigenvalue weighted by molar-refractivity contribution is -0.0441. The van der Waals surface area contributed by atoms with Gasteiger partial charge in [0.05, 0.1) is 14.2 Å². The molecule has 0 saturated heterocycles. The number of hydrogen-bond acceptors (Lipinski definition) is 4. The number of rotatable bonds is 5. The van der Waals surface area contributed by atoms with Gasteiger partial charge in [0.25, 0.3) is 0 Å². The minimum absolute atomic E-state index is 0.463. The third-order valence-corrected chi connectivity index (χ3v) is 5.96. The lowest BCUT2D eigenvalue weighted by atomic mass is 9.78. The molecule has 0 amide bonds. The highest BCUT2D eigenvalue weighted by atomic mass is 16.5. The largest absolute Gasteiger partial charge is 0.493 e. The topological polar surface area (TPSA) is 39.7 Å². The minimum atomic E-state index is -0.802. The summed E-state index contributed by atoms with van der Waals surface area (Å²) >= 11 is 0. The molecule has 0 aromatic heterocycles. The zero-order valence-electron chi connectivity index (χ0n) is 18.1. The number of para-hydroxylation sites is 2. The van der Waals surface area contributed by atoms with Crippen LogP contribution in [0.1, 0.15) is 28.5 Å². The molecule has 1 aliphatic rings. The van der Waals surface area contributed by atoms with Crippen LogP contribution >= 0.6 is 0 Å². The summed E-state index contributed by atoms with van der Waals surface area (Å²) < 4.78 is 18.3. The highest BCUT2D eigenvalue weighted by molar-refractivity contribution is 5.64. The van der Waals surface area contributed by atoms with Gasteiger partial charge in [-0.2, -0.15) is 0 Å². The van der Waals surface area contributed by atoms with Crippen LogP contribution in [0.2, 0.25) is 0 Å². The molecule has 5 rings (SSSR count). The molecule has 160 valence electrons. The lowest BCUT2D eigenvalue weighted by Crippen LogP contribution is -2.40. The molecule has 1 atom stereocenters. The van der Waals surface area contributed by atoms with E-state index in [4.69, 9.17) is 14.2 Å².